The van der Waals surface area contributed by atoms with Crippen molar-refractivity contribution < 1.29 is 19.0 Å². The lowest BCUT2D eigenvalue weighted by Crippen LogP contribution is -2.18. The Morgan fingerprint density at radius 1 is 1.41 bits per heavy atom. The van der Waals surface area contributed by atoms with Gasteiger partial charge in [-0.1, -0.05) is 6.07 Å². The van der Waals surface area contributed by atoms with E-state index < -0.39 is 11.8 Å². The molecule has 0 unspecified atom stereocenters. The second kappa shape index (κ2) is 5.51. The highest BCUT2D eigenvalue weighted by atomic mass is 32.2. The van der Waals surface area contributed by atoms with Crippen LogP contribution in [-0.4, -0.2) is 29.5 Å². The van der Waals surface area contributed by atoms with Crippen LogP contribution in [0.5, 0.6) is 0 Å². The molecule has 92 valence electrons. The van der Waals surface area contributed by atoms with Crippen molar-refractivity contribution in [1.29, 1.82) is 0 Å². The van der Waals surface area contributed by atoms with Crippen LogP contribution in [-0.2, 0) is 4.74 Å². The summed E-state index contributed by atoms with van der Waals surface area (Å²) in [6, 6.07) is 4.38. The third-order valence-electron chi connectivity index (χ3n) is 2.65. The van der Waals surface area contributed by atoms with E-state index in [4.69, 9.17) is 9.84 Å². The zero-order chi connectivity index (χ0) is 12.3. The van der Waals surface area contributed by atoms with E-state index in [9.17, 15) is 9.18 Å². The van der Waals surface area contributed by atoms with Gasteiger partial charge in [0.05, 0.1) is 0 Å². The first-order chi connectivity index (χ1) is 8.18. The summed E-state index contributed by atoms with van der Waals surface area (Å²) in [4.78, 5) is 11.5. The van der Waals surface area contributed by atoms with Gasteiger partial charge in [0.25, 0.3) is 0 Å². The number of thioether (sulfide) groups is 1. The van der Waals surface area contributed by atoms with Crippen LogP contribution in [0, 0.1) is 5.82 Å². The monoisotopic (exact) mass is 256 g/mol. The Labute approximate surface area is 103 Å². The predicted molar refractivity (Wildman–Crippen MR) is 63.1 cm³/mol. The van der Waals surface area contributed by atoms with Gasteiger partial charge in [0.2, 0.25) is 0 Å². The molecule has 0 radical (unpaired) electrons. The maximum absolute atomic E-state index is 13.4. The van der Waals surface area contributed by atoms with Crippen LogP contribution >= 0.6 is 11.8 Å². The number of hydrogen-bond acceptors (Lipinski definition) is 3. The van der Waals surface area contributed by atoms with Crippen molar-refractivity contribution >= 4 is 17.7 Å². The van der Waals surface area contributed by atoms with Gasteiger partial charge in [-0.05, 0) is 25.0 Å². The summed E-state index contributed by atoms with van der Waals surface area (Å²) >= 11 is 1.43. The van der Waals surface area contributed by atoms with Crippen LogP contribution in [0.2, 0.25) is 0 Å². The van der Waals surface area contributed by atoms with Crippen molar-refractivity contribution in [3.8, 4) is 0 Å². The van der Waals surface area contributed by atoms with Gasteiger partial charge in [-0.2, -0.15) is 0 Å². The summed E-state index contributed by atoms with van der Waals surface area (Å²) in [5.41, 5.74) is -0.219. The largest absolute Gasteiger partial charge is 0.478 e. The fraction of sp³-hybridized carbons (Fsp3) is 0.417. The zero-order valence-electron chi connectivity index (χ0n) is 9.19. The molecule has 5 heteroatoms. The Morgan fingerprint density at radius 3 is 2.76 bits per heavy atom. The number of ether oxygens (including phenoxy) is 1. The number of aromatic carboxylic acids is 1. The van der Waals surface area contributed by atoms with Gasteiger partial charge < -0.3 is 9.84 Å². The molecule has 3 nitrogen and oxygen atoms in total. The van der Waals surface area contributed by atoms with Crippen molar-refractivity contribution in [3.05, 3.63) is 29.6 Å². The number of benzene rings is 1. The highest BCUT2D eigenvalue weighted by molar-refractivity contribution is 8.00. The second-order valence-electron chi connectivity index (χ2n) is 3.85. The SMILES string of the molecule is O=C(O)c1c(F)cccc1SC1CCOCC1. The zero-order valence-corrected chi connectivity index (χ0v) is 10.0. The number of halogens is 1. The topological polar surface area (TPSA) is 46.5 Å². The van der Waals surface area contributed by atoms with E-state index in [1.165, 1.54) is 17.8 Å². The summed E-state index contributed by atoms with van der Waals surface area (Å²) in [5, 5.41) is 9.31. The summed E-state index contributed by atoms with van der Waals surface area (Å²) in [6.07, 6.45) is 1.75. The molecule has 0 bridgehead atoms. The number of carboxylic acids is 1. The molecule has 1 saturated heterocycles. The number of carboxylic acid groups (broad SMARTS) is 1. The van der Waals surface area contributed by atoms with Crippen LogP contribution in [0.4, 0.5) is 4.39 Å². The van der Waals surface area contributed by atoms with E-state index in [-0.39, 0.29) is 5.56 Å². The van der Waals surface area contributed by atoms with E-state index in [1.807, 2.05) is 0 Å². The average Bonchev–Trinajstić information content (AvgIpc) is 2.30. The normalized spacial score (nSPS) is 17.0. The smallest absolute Gasteiger partial charge is 0.339 e. The lowest BCUT2D eigenvalue weighted by molar-refractivity contribution is 0.0688. The minimum Gasteiger partial charge on any atom is -0.478 e. The van der Waals surface area contributed by atoms with E-state index in [2.05, 4.69) is 0 Å². The van der Waals surface area contributed by atoms with Crippen molar-refractivity contribution in [2.45, 2.75) is 23.0 Å². The highest BCUT2D eigenvalue weighted by Gasteiger charge is 2.21. The molecular weight excluding hydrogens is 243 g/mol. The van der Waals surface area contributed by atoms with Gasteiger partial charge in [-0.15, -0.1) is 11.8 Å². The Morgan fingerprint density at radius 2 is 2.12 bits per heavy atom. The maximum Gasteiger partial charge on any atom is 0.339 e. The third-order valence-corrected chi connectivity index (χ3v) is 4.05. The first-order valence-corrected chi connectivity index (χ1v) is 6.32. The Kier molecular flexibility index (Phi) is 4.02. The molecule has 0 saturated carbocycles. The molecule has 0 aromatic heterocycles. The predicted octanol–water partition coefficient (Wildman–Crippen LogP) is 2.80. The molecule has 1 aliphatic rings. The fourth-order valence-electron chi connectivity index (χ4n) is 1.78. The quantitative estimate of drug-likeness (QED) is 0.903. The molecule has 1 N–H and O–H groups in total. The standard InChI is InChI=1S/C12H13FO3S/c13-9-2-1-3-10(11(9)12(14)15)17-8-4-6-16-7-5-8/h1-3,8H,4-7H2,(H,14,15). The van der Waals surface area contributed by atoms with Gasteiger partial charge in [0.15, 0.2) is 0 Å². The third kappa shape index (κ3) is 2.98. The summed E-state index contributed by atoms with van der Waals surface area (Å²) in [5.74, 6) is -1.88. The van der Waals surface area contributed by atoms with Crippen molar-refractivity contribution in [2.24, 2.45) is 0 Å². The molecule has 1 aromatic carbocycles. The van der Waals surface area contributed by atoms with E-state index in [0.29, 0.717) is 23.4 Å². The second-order valence-corrected chi connectivity index (χ2v) is 5.19. The fourth-order valence-corrected chi connectivity index (χ4v) is 3.03. The minimum atomic E-state index is -1.21. The van der Waals surface area contributed by atoms with Gasteiger partial charge in [-0.3, -0.25) is 0 Å². The van der Waals surface area contributed by atoms with Gasteiger partial charge in [0, 0.05) is 23.4 Å². The molecule has 0 aliphatic carbocycles. The maximum atomic E-state index is 13.4. The van der Waals surface area contributed by atoms with Gasteiger partial charge >= 0.3 is 5.97 Å². The number of hydrogen-bond donors (Lipinski definition) is 1. The molecule has 1 aromatic rings. The molecule has 1 heterocycles. The van der Waals surface area contributed by atoms with Gasteiger partial charge in [-0.25, -0.2) is 9.18 Å². The molecule has 17 heavy (non-hydrogen) atoms. The first kappa shape index (κ1) is 12.4. The molecular formula is C12H13FO3S. The van der Waals surface area contributed by atoms with Crippen LogP contribution < -0.4 is 0 Å². The first-order valence-electron chi connectivity index (χ1n) is 5.44. The summed E-state index contributed by atoms with van der Waals surface area (Å²) in [7, 11) is 0. The lowest BCUT2D eigenvalue weighted by Gasteiger charge is -2.22. The van der Waals surface area contributed by atoms with Gasteiger partial charge in [0.1, 0.15) is 11.4 Å². The highest BCUT2D eigenvalue weighted by Crippen LogP contribution is 2.33. The molecule has 0 amide bonds. The molecule has 0 spiro atoms. The molecule has 1 aliphatic heterocycles. The van der Waals surface area contributed by atoms with Crippen molar-refractivity contribution in [3.63, 3.8) is 0 Å². The van der Waals surface area contributed by atoms with Crippen LogP contribution in [0.15, 0.2) is 23.1 Å². The molecule has 1 fully saturated rings. The Hall–Kier alpha value is -1.07. The Bertz CT molecular complexity index is 416. The number of carbonyl (C=O) groups is 1. The molecule has 0 atom stereocenters. The van der Waals surface area contributed by atoms with Crippen LogP contribution in [0.1, 0.15) is 23.2 Å². The lowest BCUT2D eigenvalue weighted by atomic mass is 10.2. The summed E-state index contributed by atoms with van der Waals surface area (Å²) < 4.78 is 18.7. The van der Waals surface area contributed by atoms with Crippen LogP contribution in [0.25, 0.3) is 0 Å². The molecule has 2 rings (SSSR count). The van der Waals surface area contributed by atoms with Crippen molar-refractivity contribution in [2.75, 3.05) is 13.2 Å². The van der Waals surface area contributed by atoms with E-state index >= 15 is 0 Å². The summed E-state index contributed by atoms with van der Waals surface area (Å²) in [6.45, 7) is 1.38. The Balaban J connectivity index is 2.19. The van der Waals surface area contributed by atoms with E-state index in [1.54, 1.807) is 12.1 Å². The van der Waals surface area contributed by atoms with E-state index in [0.717, 1.165) is 12.8 Å². The average molecular weight is 256 g/mol. The van der Waals surface area contributed by atoms with Crippen molar-refractivity contribution in [1.82, 2.24) is 0 Å². The number of rotatable bonds is 3. The van der Waals surface area contributed by atoms with Crippen LogP contribution in [0.3, 0.4) is 0 Å². The minimum absolute atomic E-state index is 0.219.